The van der Waals surface area contributed by atoms with Crippen LogP contribution < -0.4 is 4.74 Å². The lowest BCUT2D eigenvalue weighted by molar-refractivity contribution is 0.0439. The molecule has 5 nitrogen and oxygen atoms in total. The molecule has 1 aromatic heterocycles. The second-order valence-electron chi connectivity index (χ2n) is 9.37. The molecule has 0 bridgehead atoms. The minimum absolute atomic E-state index is 0.231. The zero-order valence-corrected chi connectivity index (χ0v) is 22.0. The number of carbonyl (C=O) groups is 1. The minimum atomic E-state index is -0.429. The molecule has 1 heterocycles. The number of esters is 1. The number of benzene rings is 1. The average Bonchev–Trinajstić information content (AvgIpc) is 2.90. The highest BCUT2D eigenvalue weighted by Gasteiger charge is 2.10. The first-order valence-corrected chi connectivity index (χ1v) is 13.5. The van der Waals surface area contributed by atoms with Crippen LogP contribution in [0, 0.1) is 5.92 Å². The molecule has 0 unspecified atom stereocenters. The van der Waals surface area contributed by atoms with Crippen molar-refractivity contribution in [2.24, 2.45) is 5.92 Å². The van der Waals surface area contributed by atoms with E-state index in [1.165, 1.54) is 64.0 Å². The van der Waals surface area contributed by atoms with Crippen LogP contribution in [0.15, 0.2) is 36.7 Å². The Morgan fingerprint density at radius 1 is 0.857 bits per heavy atom. The van der Waals surface area contributed by atoms with Gasteiger partial charge in [-0.05, 0) is 36.1 Å². The molecule has 0 fully saturated rings. The highest BCUT2D eigenvalue weighted by molar-refractivity contribution is 5.86. The van der Waals surface area contributed by atoms with E-state index in [9.17, 15) is 4.79 Å². The second kappa shape index (κ2) is 17.7. The molecule has 35 heavy (non-hydrogen) atoms. The van der Waals surface area contributed by atoms with Crippen molar-refractivity contribution in [3.8, 4) is 5.75 Å². The van der Waals surface area contributed by atoms with Gasteiger partial charge in [-0.15, -0.1) is 0 Å². The molecule has 0 radical (unpaired) electrons. The van der Waals surface area contributed by atoms with Crippen molar-refractivity contribution in [1.29, 1.82) is 0 Å². The normalized spacial score (nSPS) is 12.1. The summed E-state index contributed by atoms with van der Waals surface area (Å²) in [6.07, 6.45) is 21.1. The number of hydrogen-bond donors (Lipinski definition) is 0. The molecule has 1 atom stereocenters. The Balaban J connectivity index is 1.63. The molecule has 0 spiro atoms. The van der Waals surface area contributed by atoms with E-state index in [1.54, 1.807) is 6.20 Å². The van der Waals surface area contributed by atoms with Gasteiger partial charge in [0.1, 0.15) is 5.75 Å². The Morgan fingerprint density at radius 2 is 1.51 bits per heavy atom. The van der Waals surface area contributed by atoms with E-state index in [0.29, 0.717) is 18.2 Å². The average molecular weight is 481 g/mol. The minimum Gasteiger partial charge on any atom is -0.494 e. The number of rotatable bonds is 18. The van der Waals surface area contributed by atoms with Gasteiger partial charge in [-0.25, -0.2) is 9.78 Å². The summed E-state index contributed by atoms with van der Waals surface area (Å²) in [5.41, 5.74) is 1.97. The number of hydrogen-bond acceptors (Lipinski definition) is 5. The SMILES string of the molecule is CCCCCCCCCCCCOc1ccc(/C=C/c2cnc(C(=O)OC[C@@H](C)CC)cn2)cc1. The first-order chi connectivity index (χ1) is 17.1. The van der Waals surface area contributed by atoms with E-state index >= 15 is 0 Å². The van der Waals surface area contributed by atoms with E-state index < -0.39 is 5.97 Å². The molecule has 2 rings (SSSR count). The van der Waals surface area contributed by atoms with Crippen LogP contribution in [0.5, 0.6) is 5.75 Å². The third kappa shape index (κ3) is 12.5. The van der Waals surface area contributed by atoms with Gasteiger partial charge in [0.15, 0.2) is 5.69 Å². The van der Waals surface area contributed by atoms with Crippen LogP contribution in [0.3, 0.4) is 0 Å². The zero-order valence-electron chi connectivity index (χ0n) is 22.0. The van der Waals surface area contributed by atoms with Crippen LogP contribution in [-0.4, -0.2) is 29.2 Å². The van der Waals surface area contributed by atoms with Gasteiger partial charge in [-0.3, -0.25) is 4.98 Å². The maximum Gasteiger partial charge on any atom is 0.358 e. The second-order valence-corrected chi connectivity index (χ2v) is 9.37. The van der Waals surface area contributed by atoms with Gasteiger partial charge >= 0.3 is 5.97 Å². The van der Waals surface area contributed by atoms with Crippen molar-refractivity contribution >= 4 is 18.1 Å². The quantitative estimate of drug-likeness (QED) is 0.159. The van der Waals surface area contributed by atoms with Crippen LogP contribution in [0.2, 0.25) is 0 Å². The van der Waals surface area contributed by atoms with Crippen LogP contribution in [0.1, 0.15) is 113 Å². The number of unbranched alkanes of at least 4 members (excludes halogenated alkanes) is 9. The Morgan fingerprint density at radius 3 is 2.11 bits per heavy atom. The summed E-state index contributed by atoms with van der Waals surface area (Å²) in [6.45, 7) is 7.55. The van der Waals surface area contributed by atoms with Crippen molar-refractivity contribution in [2.45, 2.75) is 91.4 Å². The van der Waals surface area contributed by atoms with Crippen LogP contribution >= 0.6 is 0 Å². The Bertz CT molecular complexity index is 847. The standard InChI is InChI=1S/C30H44N2O3/c1-4-6-7-8-9-10-11-12-13-14-21-34-28-19-16-26(17-20-28)15-18-27-22-32-29(23-31-27)30(33)35-24-25(3)5-2/h15-20,22-23,25H,4-14,21,24H2,1-3H3/b18-15+/t25-/m0/s1. The lowest BCUT2D eigenvalue weighted by Crippen LogP contribution is -2.13. The van der Waals surface area contributed by atoms with Gasteiger partial charge in [0, 0.05) is 0 Å². The summed E-state index contributed by atoms with van der Waals surface area (Å²) in [5.74, 6) is 0.811. The smallest absolute Gasteiger partial charge is 0.358 e. The molecule has 0 saturated heterocycles. The van der Waals surface area contributed by atoms with Crippen molar-refractivity contribution in [3.63, 3.8) is 0 Å². The molecule has 0 aliphatic carbocycles. The molecule has 0 aliphatic rings. The third-order valence-corrected chi connectivity index (χ3v) is 6.17. The van der Waals surface area contributed by atoms with Gasteiger partial charge in [-0.2, -0.15) is 0 Å². The highest BCUT2D eigenvalue weighted by atomic mass is 16.5. The molecular formula is C30H44N2O3. The molecular weight excluding hydrogens is 436 g/mol. The maximum atomic E-state index is 12.0. The fourth-order valence-corrected chi connectivity index (χ4v) is 3.58. The van der Waals surface area contributed by atoms with Gasteiger partial charge in [0.2, 0.25) is 0 Å². The Kier molecular flexibility index (Phi) is 14.4. The molecule has 1 aromatic carbocycles. The molecule has 0 N–H and O–H groups in total. The number of carbonyl (C=O) groups excluding carboxylic acids is 1. The monoisotopic (exact) mass is 480 g/mol. The maximum absolute atomic E-state index is 12.0. The summed E-state index contributed by atoms with van der Waals surface area (Å²) in [5, 5.41) is 0. The fourth-order valence-electron chi connectivity index (χ4n) is 3.58. The number of nitrogens with zero attached hydrogens (tertiary/aromatic N) is 2. The third-order valence-electron chi connectivity index (χ3n) is 6.17. The van der Waals surface area contributed by atoms with Crippen molar-refractivity contribution in [1.82, 2.24) is 9.97 Å². The molecule has 5 heteroatoms. The topological polar surface area (TPSA) is 61.3 Å². The largest absolute Gasteiger partial charge is 0.494 e. The van der Waals surface area contributed by atoms with E-state index in [1.807, 2.05) is 43.3 Å². The number of ether oxygens (including phenoxy) is 2. The Labute approximate surface area is 212 Å². The lowest BCUT2D eigenvalue weighted by atomic mass is 10.1. The van der Waals surface area contributed by atoms with Crippen molar-refractivity contribution in [3.05, 3.63) is 53.6 Å². The van der Waals surface area contributed by atoms with Gasteiger partial charge in [0.25, 0.3) is 0 Å². The van der Waals surface area contributed by atoms with Gasteiger partial charge in [-0.1, -0.05) is 103 Å². The summed E-state index contributed by atoms with van der Waals surface area (Å²) in [4.78, 5) is 20.5. The lowest BCUT2D eigenvalue weighted by Gasteiger charge is -2.08. The van der Waals surface area contributed by atoms with Crippen LogP contribution in [0.4, 0.5) is 0 Å². The Hall–Kier alpha value is -2.69. The fraction of sp³-hybridized carbons (Fsp3) is 0.567. The molecule has 0 amide bonds. The van der Waals surface area contributed by atoms with Crippen LogP contribution in [0.25, 0.3) is 12.2 Å². The van der Waals surface area contributed by atoms with E-state index in [0.717, 1.165) is 30.8 Å². The number of aromatic nitrogens is 2. The van der Waals surface area contributed by atoms with E-state index in [-0.39, 0.29) is 5.69 Å². The molecule has 192 valence electrons. The summed E-state index contributed by atoms with van der Waals surface area (Å²) < 4.78 is 11.1. The zero-order chi connectivity index (χ0) is 25.1. The summed E-state index contributed by atoms with van der Waals surface area (Å²) in [7, 11) is 0. The van der Waals surface area contributed by atoms with Crippen LogP contribution in [-0.2, 0) is 4.74 Å². The van der Waals surface area contributed by atoms with Gasteiger partial charge < -0.3 is 9.47 Å². The first kappa shape index (κ1) is 28.5. The predicted octanol–water partition coefficient (Wildman–Crippen LogP) is 8.15. The van der Waals surface area contributed by atoms with Gasteiger partial charge in [0.05, 0.1) is 31.3 Å². The summed E-state index contributed by atoms with van der Waals surface area (Å²) >= 11 is 0. The predicted molar refractivity (Wildman–Crippen MR) is 144 cm³/mol. The van der Waals surface area contributed by atoms with E-state index in [2.05, 4.69) is 23.8 Å². The van der Waals surface area contributed by atoms with Crippen molar-refractivity contribution < 1.29 is 14.3 Å². The summed E-state index contributed by atoms with van der Waals surface area (Å²) in [6, 6.07) is 8.05. The van der Waals surface area contributed by atoms with Crippen molar-refractivity contribution in [2.75, 3.05) is 13.2 Å². The molecule has 2 aromatic rings. The molecule has 0 aliphatic heterocycles. The van der Waals surface area contributed by atoms with E-state index in [4.69, 9.17) is 9.47 Å². The highest BCUT2D eigenvalue weighted by Crippen LogP contribution is 2.16. The first-order valence-electron chi connectivity index (χ1n) is 13.5. The molecule has 0 saturated carbocycles.